The van der Waals surface area contributed by atoms with E-state index < -0.39 is 0 Å². The minimum absolute atomic E-state index is 0.480. The van der Waals surface area contributed by atoms with E-state index in [1.165, 1.54) is 44.9 Å². The highest BCUT2D eigenvalue weighted by molar-refractivity contribution is 4.81. The molecule has 3 N–H and O–H groups in total. The van der Waals surface area contributed by atoms with Crippen LogP contribution in [0.1, 0.15) is 44.9 Å². The molecule has 1 saturated carbocycles. The van der Waals surface area contributed by atoms with E-state index in [2.05, 4.69) is 5.43 Å². The third-order valence-corrected chi connectivity index (χ3v) is 4.04. The predicted octanol–water partition coefficient (Wildman–Crippen LogP) is 1.83. The maximum Gasteiger partial charge on any atom is 0.0509 e. The van der Waals surface area contributed by atoms with E-state index in [0.717, 1.165) is 19.1 Å². The quantitative estimate of drug-likeness (QED) is 0.552. The summed E-state index contributed by atoms with van der Waals surface area (Å²) in [5, 5.41) is 0. The van der Waals surface area contributed by atoms with Crippen LogP contribution in [0, 0.1) is 11.8 Å². The van der Waals surface area contributed by atoms with Crippen molar-refractivity contribution in [3.05, 3.63) is 0 Å². The van der Waals surface area contributed by atoms with Gasteiger partial charge in [-0.05, 0) is 31.1 Å². The van der Waals surface area contributed by atoms with Crippen LogP contribution in [0.3, 0.4) is 0 Å². The molecule has 0 spiro atoms. The molecule has 3 nitrogen and oxygen atoms in total. The highest BCUT2D eigenvalue weighted by Gasteiger charge is 2.27. The molecule has 2 atom stereocenters. The number of ether oxygens (including phenoxy) is 1. The zero-order valence-corrected chi connectivity index (χ0v) is 9.58. The number of nitrogens with one attached hydrogen (secondary N) is 1. The number of hydrogen-bond donors (Lipinski definition) is 2. The Hall–Kier alpha value is -0.120. The number of nitrogens with two attached hydrogens (primary N) is 1. The third-order valence-electron chi connectivity index (χ3n) is 4.04. The Labute approximate surface area is 92.7 Å². The molecule has 2 fully saturated rings. The molecule has 0 radical (unpaired) electrons. The van der Waals surface area contributed by atoms with Crippen LogP contribution in [0.5, 0.6) is 0 Å². The molecule has 0 aromatic rings. The molecule has 0 amide bonds. The van der Waals surface area contributed by atoms with Gasteiger partial charge in [-0.2, -0.15) is 0 Å². The lowest BCUT2D eigenvalue weighted by atomic mass is 9.87. The molecule has 3 heteroatoms. The summed E-state index contributed by atoms with van der Waals surface area (Å²) in [6, 6.07) is 0.480. The standard InChI is InChI=1S/C12H24N2O/c13-14-12(8-10-4-1-2-5-10)11-6-3-7-15-9-11/h10-12,14H,1-9,13H2. The number of hydrazine groups is 1. The van der Waals surface area contributed by atoms with Gasteiger partial charge in [0, 0.05) is 12.6 Å². The Kier molecular flexibility index (Phi) is 4.42. The first-order valence-electron chi connectivity index (χ1n) is 6.44. The summed E-state index contributed by atoms with van der Waals surface area (Å²) in [4.78, 5) is 0. The van der Waals surface area contributed by atoms with Crippen molar-refractivity contribution in [2.24, 2.45) is 17.7 Å². The summed E-state index contributed by atoms with van der Waals surface area (Å²) in [6.45, 7) is 1.85. The summed E-state index contributed by atoms with van der Waals surface area (Å²) in [5.74, 6) is 7.23. The highest BCUT2D eigenvalue weighted by Crippen LogP contribution is 2.31. The van der Waals surface area contributed by atoms with Crippen LogP contribution in [0.25, 0.3) is 0 Å². The van der Waals surface area contributed by atoms with Crippen LogP contribution in [-0.2, 0) is 4.74 Å². The van der Waals surface area contributed by atoms with Crippen molar-refractivity contribution in [1.82, 2.24) is 5.43 Å². The molecule has 1 saturated heterocycles. The van der Waals surface area contributed by atoms with Crippen molar-refractivity contribution in [1.29, 1.82) is 0 Å². The molecule has 1 heterocycles. The Morgan fingerprint density at radius 2 is 2.00 bits per heavy atom. The van der Waals surface area contributed by atoms with E-state index in [1.54, 1.807) is 0 Å². The summed E-state index contributed by atoms with van der Waals surface area (Å²) >= 11 is 0. The van der Waals surface area contributed by atoms with Crippen LogP contribution in [0.2, 0.25) is 0 Å². The first-order valence-corrected chi connectivity index (χ1v) is 6.44. The summed E-state index contributed by atoms with van der Waals surface area (Å²) in [7, 11) is 0. The average Bonchev–Trinajstić information content (AvgIpc) is 2.80. The maximum atomic E-state index is 5.68. The van der Waals surface area contributed by atoms with Gasteiger partial charge in [0.2, 0.25) is 0 Å². The fraction of sp³-hybridized carbons (Fsp3) is 1.00. The zero-order valence-electron chi connectivity index (χ0n) is 9.58. The molecule has 0 aromatic carbocycles. The fourth-order valence-electron chi connectivity index (χ4n) is 3.08. The van der Waals surface area contributed by atoms with Crippen molar-refractivity contribution in [2.45, 2.75) is 51.0 Å². The predicted molar refractivity (Wildman–Crippen MR) is 61.2 cm³/mol. The molecule has 1 aliphatic heterocycles. The Balaban J connectivity index is 1.79. The van der Waals surface area contributed by atoms with E-state index in [0.29, 0.717) is 12.0 Å². The van der Waals surface area contributed by atoms with Crippen LogP contribution >= 0.6 is 0 Å². The van der Waals surface area contributed by atoms with E-state index in [1.807, 2.05) is 0 Å². The monoisotopic (exact) mass is 212 g/mol. The normalized spacial score (nSPS) is 30.6. The number of rotatable bonds is 4. The minimum Gasteiger partial charge on any atom is -0.381 e. The molecule has 0 aromatic heterocycles. The molecule has 2 rings (SSSR count). The lowest BCUT2D eigenvalue weighted by Crippen LogP contribution is -2.44. The lowest BCUT2D eigenvalue weighted by molar-refractivity contribution is 0.0353. The molecular weight excluding hydrogens is 188 g/mol. The zero-order chi connectivity index (χ0) is 10.5. The van der Waals surface area contributed by atoms with E-state index in [4.69, 9.17) is 10.6 Å². The van der Waals surface area contributed by atoms with Crippen LogP contribution < -0.4 is 11.3 Å². The van der Waals surface area contributed by atoms with Crippen LogP contribution in [0.15, 0.2) is 0 Å². The lowest BCUT2D eigenvalue weighted by Gasteiger charge is -2.31. The second-order valence-electron chi connectivity index (χ2n) is 5.14. The molecule has 2 aliphatic rings. The van der Waals surface area contributed by atoms with Gasteiger partial charge in [0.15, 0.2) is 0 Å². The SMILES string of the molecule is NNC(CC1CCCC1)C1CCCOC1. The summed E-state index contributed by atoms with van der Waals surface area (Å²) in [5.41, 5.74) is 3.02. The smallest absolute Gasteiger partial charge is 0.0509 e. The van der Waals surface area contributed by atoms with Gasteiger partial charge in [0.05, 0.1) is 6.61 Å². The van der Waals surface area contributed by atoms with Crippen molar-refractivity contribution in [3.63, 3.8) is 0 Å². The molecule has 88 valence electrons. The largest absolute Gasteiger partial charge is 0.381 e. The van der Waals surface area contributed by atoms with Gasteiger partial charge < -0.3 is 4.74 Å². The van der Waals surface area contributed by atoms with E-state index >= 15 is 0 Å². The average molecular weight is 212 g/mol. The maximum absolute atomic E-state index is 5.68. The van der Waals surface area contributed by atoms with E-state index in [9.17, 15) is 0 Å². The number of hydrogen-bond acceptors (Lipinski definition) is 3. The summed E-state index contributed by atoms with van der Waals surface area (Å²) in [6.07, 6.45) is 9.39. The molecular formula is C12H24N2O. The van der Waals surface area contributed by atoms with Crippen LogP contribution in [0.4, 0.5) is 0 Å². The fourth-order valence-corrected chi connectivity index (χ4v) is 3.08. The second-order valence-corrected chi connectivity index (χ2v) is 5.14. The topological polar surface area (TPSA) is 47.3 Å². The van der Waals surface area contributed by atoms with Crippen molar-refractivity contribution in [2.75, 3.05) is 13.2 Å². The molecule has 15 heavy (non-hydrogen) atoms. The van der Waals surface area contributed by atoms with Crippen molar-refractivity contribution >= 4 is 0 Å². The first-order chi connectivity index (χ1) is 7.40. The van der Waals surface area contributed by atoms with Gasteiger partial charge in [-0.3, -0.25) is 11.3 Å². The molecule has 0 bridgehead atoms. The van der Waals surface area contributed by atoms with Gasteiger partial charge in [-0.15, -0.1) is 0 Å². The van der Waals surface area contributed by atoms with Gasteiger partial charge in [0.25, 0.3) is 0 Å². The molecule has 1 aliphatic carbocycles. The second kappa shape index (κ2) is 5.83. The Morgan fingerprint density at radius 1 is 1.20 bits per heavy atom. The van der Waals surface area contributed by atoms with Gasteiger partial charge >= 0.3 is 0 Å². The van der Waals surface area contributed by atoms with Crippen molar-refractivity contribution < 1.29 is 4.74 Å². The third kappa shape index (κ3) is 3.16. The van der Waals surface area contributed by atoms with Gasteiger partial charge in [-0.1, -0.05) is 25.7 Å². The summed E-state index contributed by atoms with van der Waals surface area (Å²) < 4.78 is 5.53. The Morgan fingerprint density at radius 3 is 2.60 bits per heavy atom. The van der Waals surface area contributed by atoms with Crippen LogP contribution in [-0.4, -0.2) is 19.3 Å². The first kappa shape index (κ1) is 11.4. The Bertz CT molecular complexity index is 174. The van der Waals surface area contributed by atoms with E-state index in [-0.39, 0.29) is 0 Å². The molecule has 2 unspecified atom stereocenters. The van der Waals surface area contributed by atoms with Crippen molar-refractivity contribution in [3.8, 4) is 0 Å². The minimum atomic E-state index is 0.480. The highest BCUT2D eigenvalue weighted by atomic mass is 16.5. The van der Waals surface area contributed by atoms with Gasteiger partial charge in [0.1, 0.15) is 0 Å². The van der Waals surface area contributed by atoms with Gasteiger partial charge in [-0.25, -0.2) is 0 Å².